The highest BCUT2D eigenvalue weighted by Gasteiger charge is 2.16. The number of nitrogens with one attached hydrogen (secondary N) is 2. The lowest BCUT2D eigenvalue weighted by molar-refractivity contribution is 0.411. The number of rotatable bonds is 3. The average Bonchev–Trinajstić information content (AvgIpc) is 2.77. The molecule has 1 aromatic rings. The predicted octanol–water partition coefficient (Wildman–Crippen LogP) is 3.31. The SMILES string of the molecule is Cc1cnc(C(C)NC(=S)NC2CCCCC2)s1. The van der Waals surface area contributed by atoms with Gasteiger partial charge < -0.3 is 10.6 Å². The molecule has 1 saturated carbocycles. The Kier molecular flexibility index (Phi) is 4.95. The van der Waals surface area contributed by atoms with Crippen molar-refractivity contribution < 1.29 is 0 Å². The Bertz CT molecular complexity index is 397. The monoisotopic (exact) mass is 283 g/mol. The summed E-state index contributed by atoms with van der Waals surface area (Å²) in [6.45, 7) is 4.18. The summed E-state index contributed by atoms with van der Waals surface area (Å²) >= 11 is 7.10. The van der Waals surface area contributed by atoms with Crippen LogP contribution in [0, 0.1) is 6.92 Å². The minimum Gasteiger partial charge on any atom is -0.360 e. The minimum atomic E-state index is 0.187. The van der Waals surface area contributed by atoms with E-state index >= 15 is 0 Å². The van der Waals surface area contributed by atoms with Crippen molar-refractivity contribution in [2.24, 2.45) is 0 Å². The highest BCUT2D eigenvalue weighted by atomic mass is 32.1. The number of nitrogens with zero attached hydrogens (tertiary/aromatic N) is 1. The van der Waals surface area contributed by atoms with Crippen LogP contribution in [0.5, 0.6) is 0 Å². The predicted molar refractivity (Wildman–Crippen MR) is 81.0 cm³/mol. The van der Waals surface area contributed by atoms with Crippen molar-refractivity contribution in [1.82, 2.24) is 15.6 Å². The standard InChI is InChI=1S/C13H21N3S2/c1-9-8-14-12(18-9)10(2)15-13(17)16-11-6-4-3-5-7-11/h8,10-11H,3-7H2,1-2H3,(H2,15,16,17). The van der Waals surface area contributed by atoms with E-state index in [0.29, 0.717) is 6.04 Å². The van der Waals surface area contributed by atoms with Crippen LogP contribution in [-0.4, -0.2) is 16.1 Å². The normalized spacial score (nSPS) is 18.3. The summed E-state index contributed by atoms with van der Waals surface area (Å²) in [4.78, 5) is 5.62. The quantitative estimate of drug-likeness (QED) is 0.835. The third-order valence-electron chi connectivity index (χ3n) is 3.30. The van der Waals surface area contributed by atoms with Crippen LogP contribution in [0.3, 0.4) is 0 Å². The Morgan fingerprint density at radius 1 is 1.44 bits per heavy atom. The van der Waals surface area contributed by atoms with Gasteiger partial charge >= 0.3 is 0 Å². The van der Waals surface area contributed by atoms with E-state index in [1.807, 2.05) is 6.20 Å². The summed E-state index contributed by atoms with van der Waals surface area (Å²) in [6.07, 6.45) is 8.41. The van der Waals surface area contributed by atoms with E-state index < -0.39 is 0 Å². The van der Waals surface area contributed by atoms with Crippen molar-refractivity contribution >= 4 is 28.7 Å². The Balaban J connectivity index is 1.79. The molecular weight excluding hydrogens is 262 g/mol. The molecule has 1 aliphatic rings. The van der Waals surface area contributed by atoms with E-state index in [1.165, 1.54) is 37.0 Å². The van der Waals surface area contributed by atoms with Gasteiger partial charge in [-0.1, -0.05) is 19.3 Å². The van der Waals surface area contributed by atoms with Gasteiger partial charge in [0.05, 0.1) is 6.04 Å². The van der Waals surface area contributed by atoms with Crippen LogP contribution in [0.15, 0.2) is 6.20 Å². The van der Waals surface area contributed by atoms with Gasteiger partial charge in [-0.05, 0) is 38.9 Å². The number of thiocarbonyl (C=S) groups is 1. The lowest BCUT2D eigenvalue weighted by atomic mass is 9.96. The Hall–Kier alpha value is -0.680. The molecule has 1 aromatic heterocycles. The van der Waals surface area contributed by atoms with Gasteiger partial charge in [-0.25, -0.2) is 4.98 Å². The lowest BCUT2D eigenvalue weighted by Crippen LogP contribution is -2.43. The fraction of sp³-hybridized carbons (Fsp3) is 0.692. The van der Waals surface area contributed by atoms with Crippen LogP contribution in [-0.2, 0) is 0 Å². The molecule has 0 spiro atoms. The van der Waals surface area contributed by atoms with Crippen LogP contribution in [0.25, 0.3) is 0 Å². The van der Waals surface area contributed by atoms with Crippen LogP contribution < -0.4 is 10.6 Å². The topological polar surface area (TPSA) is 37.0 Å². The molecule has 1 aliphatic carbocycles. The summed E-state index contributed by atoms with van der Waals surface area (Å²) in [6, 6.07) is 0.747. The number of hydrogen-bond acceptors (Lipinski definition) is 3. The third kappa shape index (κ3) is 3.92. The second-order valence-corrected chi connectivity index (χ2v) is 6.66. The highest BCUT2D eigenvalue weighted by Crippen LogP contribution is 2.20. The first-order valence-corrected chi connectivity index (χ1v) is 7.87. The molecule has 2 N–H and O–H groups in total. The van der Waals surface area contributed by atoms with Crippen molar-refractivity contribution in [2.75, 3.05) is 0 Å². The van der Waals surface area contributed by atoms with Crippen molar-refractivity contribution in [1.29, 1.82) is 0 Å². The van der Waals surface area contributed by atoms with Crippen LogP contribution in [0.1, 0.15) is 55.0 Å². The van der Waals surface area contributed by atoms with E-state index in [4.69, 9.17) is 12.2 Å². The van der Waals surface area contributed by atoms with Gasteiger partial charge in [-0.15, -0.1) is 11.3 Å². The van der Waals surface area contributed by atoms with E-state index in [-0.39, 0.29) is 6.04 Å². The van der Waals surface area contributed by atoms with Gasteiger partial charge in [-0.3, -0.25) is 0 Å². The van der Waals surface area contributed by atoms with E-state index in [1.54, 1.807) is 11.3 Å². The van der Waals surface area contributed by atoms with Crippen LogP contribution in [0.2, 0.25) is 0 Å². The number of hydrogen-bond donors (Lipinski definition) is 2. The summed E-state index contributed by atoms with van der Waals surface area (Å²) in [7, 11) is 0. The van der Waals surface area contributed by atoms with Crippen LogP contribution in [0.4, 0.5) is 0 Å². The Morgan fingerprint density at radius 3 is 2.78 bits per heavy atom. The molecule has 0 amide bonds. The van der Waals surface area contributed by atoms with E-state index in [2.05, 4.69) is 29.5 Å². The molecule has 2 rings (SSSR count). The van der Waals surface area contributed by atoms with Gasteiger partial charge in [0.1, 0.15) is 5.01 Å². The molecule has 0 aromatic carbocycles. The summed E-state index contributed by atoms with van der Waals surface area (Å²) < 4.78 is 0. The van der Waals surface area contributed by atoms with Gasteiger partial charge in [0.15, 0.2) is 5.11 Å². The second kappa shape index (κ2) is 6.48. The Labute approximate surface area is 118 Å². The van der Waals surface area contributed by atoms with Gasteiger partial charge in [0, 0.05) is 17.1 Å². The molecular formula is C13H21N3S2. The van der Waals surface area contributed by atoms with Crippen LogP contribution >= 0.6 is 23.6 Å². The number of aromatic nitrogens is 1. The van der Waals surface area contributed by atoms with Gasteiger partial charge in [0.25, 0.3) is 0 Å². The zero-order valence-electron chi connectivity index (χ0n) is 11.0. The van der Waals surface area contributed by atoms with Crippen molar-refractivity contribution in [2.45, 2.75) is 58.0 Å². The molecule has 0 bridgehead atoms. The van der Waals surface area contributed by atoms with Crippen molar-refractivity contribution in [3.63, 3.8) is 0 Å². The molecule has 18 heavy (non-hydrogen) atoms. The van der Waals surface area contributed by atoms with Gasteiger partial charge in [0.2, 0.25) is 0 Å². The molecule has 1 heterocycles. The zero-order chi connectivity index (χ0) is 13.0. The molecule has 1 atom stereocenters. The lowest BCUT2D eigenvalue weighted by Gasteiger charge is -2.25. The van der Waals surface area contributed by atoms with Crippen molar-refractivity contribution in [3.05, 3.63) is 16.1 Å². The summed E-state index contributed by atoms with van der Waals surface area (Å²) in [5.74, 6) is 0. The number of aryl methyl sites for hydroxylation is 1. The molecule has 1 unspecified atom stereocenters. The molecule has 1 fully saturated rings. The number of thiazole rings is 1. The molecule has 0 saturated heterocycles. The molecule has 100 valence electrons. The molecule has 5 heteroatoms. The Morgan fingerprint density at radius 2 is 2.17 bits per heavy atom. The maximum Gasteiger partial charge on any atom is 0.167 e. The molecule has 0 radical (unpaired) electrons. The van der Waals surface area contributed by atoms with Gasteiger partial charge in [-0.2, -0.15) is 0 Å². The summed E-state index contributed by atoms with van der Waals surface area (Å²) in [5, 5.41) is 8.61. The summed E-state index contributed by atoms with van der Waals surface area (Å²) in [5.41, 5.74) is 0. The average molecular weight is 283 g/mol. The van der Waals surface area contributed by atoms with E-state index in [0.717, 1.165) is 10.1 Å². The van der Waals surface area contributed by atoms with Crippen molar-refractivity contribution in [3.8, 4) is 0 Å². The van der Waals surface area contributed by atoms with E-state index in [9.17, 15) is 0 Å². The maximum atomic E-state index is 5.37. The first kappa shape index (κ1) is 13.7. The zero-order valence-corrected chi connectivity index (χ0v) is 12.7. The second-order valence-electron chi connectivity index (χ2n) is 4.98. The molecule has 0 aliphatic heterocycles. The fourth-order valence-electron chi connectivity index (χ4n) is 2.30. The third-order valence-corrected chi connectivity index (χ3v) is 4.63. The smallest absolute Gasteiger partial charge is 0.167 e. The highest BCUT2D eigenvalue weighted by molar-refractivity contribution is 7.80. The molecule has 3 nitrogen and oxygen atoms in total. The largest absolute Gasteiger partial charge is 0.360 e. The first-order chi connectivity index (χ1) is 8.65. The maximum absolute atomic E-state index is 5.37. The minimum absolute atomic E-state index is 0.187. The first-order valence-electron chi connectivity index (χ1n) is 6.64. The fourth-order valence-corrected chi connectivity index (χ4v) is 3.42.